The number of amides is 1. The summed E-state index contributed by atoms with van der Waals surface area (Å²) in [6.07, 6.45) is 0.962. The van der Waals surface area contributed by atoms with Gasteiger partial charge >= 0.3 is 0 Å². The standard InChI is InChI=1S/C12H16BrIN2O/c1-16(2)7-3-6-15-12(17)10-8-9(13)4-5-11(10)14/h4-5,8H,3,6-7H2,1-2H3,(H,15,17). The van der Waals surface area contributed by atoms with Crippen molar-refractivity contribution >= 4 is 44.4 Å². The molecule has 1 aromatic rings. The Morgan fingerprint density at radius 2 is 2.18 bits per heavy atom. The van der Waals surface area contributed by atoms with E-state index in [2.05, 4.69) is 48.7 Å². The second kappa shape index (κ2) is 7.33. The molecule has 0 aliphatic heterocycles. The molecule has 0 aromatic heterocycles. The molecule has 3 nitrogen and oxygen atoms in total. The first-order valence-corrected chi connectivity index (χ1v) is 7.26. The number of carbonyl (C=O) groups excluding carboxylic acids is 1. The molecule has 0 bridgehead atoms. The molecule has 1 aromatic carbocycles. The Balaban J connectivity index is 2.49. The predicted octanol–water partition coefficient (Wildman–Crippen LogP) is 2.74. The fourth-order valence-electron chi connectivity index (χ4n) is 1.36. The molecular weight excluding hydrogens is 395 g/mol. The van der Waals surface area contributed by atoms with E-state index in [4.69, 9.17) is 0 Å². The van der Waals surface area contributed by atoms with Crippen molar-refractivity contribution in [3.63, 3.8) is 0 Å². The summed E-state index contributed by atoms with van der Waals surface area (Å²) in [5, 5.41) is 2.93. The molecule has 0 saturated heterocycles. The fraction of sp³-hybridized carbons (Fsp3) is 0.417. The minimum Gasteiger partial charge on any atom is -0.352 e. The lowest BCUT2D eigenvalue weighted by molar-refractivity contribution is 0.0951. The highest BCUT2D eigenvalue weighted by atomic mass is 127. The first kappa shape index (κ1) is 14.9. The molecule has 0 unspecified atom stereocenters. The van der Waals surface area contributed by atoms with Crippen LogP contribution in [0.3, 0.4) is 0 Å². The smallest absolute Gasteiger partial charge is 0.252 e. The minimum atomic E-state index is -0.00513. The van der Waals surface area contributed by atoms with Crippen LogP contribution in [0.15, 0.2) is 22.7 Å². The van der Waals surface area contributed by atoms with Crippen LogP contribution in [0.5, 0.6) is 0 Å². The first-order valence-electron chi connectivity index (χ1n) is 5.38. The number of carbonyl (C=O) groups is 1. The molecule has 0 saturated carbocycles. The van der Waals surface area contributed by atoms with E-state index in [9.17, 15) is 4.79 Å². The molecule has 0 fully saturated rings. The molecule has 1 amide bonds. The summed E-state index contributed by atoms with van der Waals surface area (Å²) >= 11 is 5.55. The summed E-state index contributed by atoms with van der Waals surface area (Å²) < 4.78 is 1.90. The van der Waals surface area contributed by atoms with E-state index in [1.54, 1.807) is 0 Å². The van der Waals surface area contributed by atoms with Gasteiger partial charge in [-0.05, 0) is 67.9 Å². The average molecular weight is 411 g/mol. The van der Waals surface area contributed by atoms with E-state index in [1.165, 1.54) is 0 Å². The number of hydrogen-bond acceptors (Lipinski definition) is 2. The number of hydrogen-bond donors (Lipinski definition) is 1. The molecule has 5 heteroatoms. The van der Waals surface area contributed by atoms with Crippen LogP contribution in [0.1, 0.15) is 16.8 Å². The highest BCUT2D eigenvalue weighted by molar-refractivity contribution is 14.1. The van der Waals surface area contributed by atoms with Gasteiger partial charge < -0.3 is 10.2 Å². The minimum absolute atomic E-state index is 0.00513. The summed E-state index contributed by atoms with van der Waals surface area (Å²) in [5.74, 6) is -0.00513. The van der Waals surface area contributed by atoms with Crippen LogP contribution >= 0.6 is 38.5 Å². The molecule has 1 N–H and O–H groups in total. The van der Waals surface area contributed by atoms with Crippen molar-refractivity contribution < 1.29 is 4.79 Å². The predicted molar refractivity (Wildman–Crippen MR) is 82.4 cm³/mol. The first-order chi connectivity index (χ1) is 8.00. The molecule has 0 aliphatic carbocycles. The van der Waals surface area contributed by atoms with E-state index in [0.717, 1.165) is 26.6 Å². The third kappa shape index (κ3) is 5.35. The van der Waals surface area contributed by atoms with Gasteiger partial charge in [-0.25, -0.2) is 0 Å². The molecular formula is C12H16BrIN2O. The summed E-state index contributed by atoms with van der Waals surface area (Å²) in [7, 11) is 4.05. The molecule has 0 atom stereocenters. The lowest BCUT2D eigenvalue weighted by atomic mass is 10.2. The summed E-state index contributed by atoms with van der Waals surface area (Å²) in [6, 6.07) is 5.72. The highest BCUT2D eigenvalue weighted by Gasteiger charge is 2.09. The van der Waals surface area contributed by atoms with Crippen molar-refractivity contribution in [1.29, 1.82) is 0 Å². The van der Waals surface area contributed by atoms with Crippen molar-refractivity contribution in [3.8, 4) is 0 Å². The topological polar surface area (TPSA) is 32.3 Å². The van der Waals surface area contributed by atoms with Gasteiger partial charge in [-0.1, -0.05) is 15.9 Å². The Morgan fingerprint density at radius 1 is 1.47 bits per heavy atom. The largest absolute Gasteiger partial charge is 0.352 e. The average Bonchev–Trinajstić information content (AvgIpc) is 2.27. The lowest BCUT2D eigenvalue weighted by Crippen LogP contribution is -2.27. The zero-order valence-corrected chi connectivity index (χ0v) is 13.7. The molecule has 94 valence electrons. The van der Waals surface area contributed by atoms with Crippen molar-refractivity contribution in [2.75, 3.05) is 27.2 Å². The number of halogens is 2. The van der Waals surface area contributed by atoms with Gasteiger partial charge in [-0.3, -0.25) is 4.79 Å². The molecule has 0 heterocycles. The number of nitrogens with one attached hydrogen (secondary N) is 1. The van der Waals surface area contributed by atoms with Crippen molar-refractivity contribution in [2.45, 2.75) is 6.42 Å². The third-order valence-corrected chi connectivity index (χ3v) is 3.67. The van der Waals surface area contributed by atoms with Crippen molar-refractivity contribution in [3.05, 3.63) is 31.8 Å². The van der Waals surface area contributed by atoms with Crippen LogP contribution < -0.4 is 5.32 Å². The van der Waals surface area contributed by atoms with E-state index >= 15 is 0 Å². The van der Waals surface area contributed by atoms with Gasteiger partial charge in [0.05, 0.1) is 5.56 Å². The van der Waals surface area contributed by atoms with Gasteiger partial charge in [-0.2, -0.15) is 0 Å². The van der Waals surface area contributed by atoms with Gasteiger partial charge in [0.1, 0.15) is 0 Å². The van der Waals surface area contributed by atoms with E-state index in [0.29, 0.717) is 6.54 Å². The fourth-order valence-corrected chi connectivity index (χ4v) is 2.31. The van der Waals surface area contributed by atoms with Gasteiger partial charge in [0, 0.05) is 14.6 Å². The summed E-state index contributed by atoms with van der Waals surface area (Å²) in [5.41, 5.74) is 0.727. The van der Waals surface area contributed by atoms with E-state index in [1.807, 2.05) is 32.3 Å². The van der Waals surface area contributed by atoms with Crippen molar-refractivity contribution in [2.24, 2.45) is 0 Å². The van der Waals surface area contributed by atoms with Crippen LogP contribution in [0.25, 0.3) is 0 Å². The lowest BCUT2D eigenvalue weighted by Gasteiger charge is -2.10. The normalized spacial score (nSPS) is 10.6. The number of benzene rings is 1. The van der Waals surface area contributed by atoms with Crippen LogP contribution in [-0.2, 0) is 0 Å². The second-order valence-corrected chi connectivity index (χ2v) is 6.11. The Hall–Kier alpha value is -0.140. The van der Waals surface area contributed by atoms with Gasteiger partial charge in [0.15, 0.2) is 0 Å². The van der Waals surface area contributed by atoms with Gasteiger partial charge in [-0.15, -0.1) is 0 Å². The maximum absolute atomic E-state index is 11.9. The zero-order chi connectivity index (χ0) is 12.8. The van der Waals surface area contributed by atoms with E-state index in [-0.39, 0.29) is 5.91 Å². The van der Waals surface area contributed by atoms with E-state index < -0.39 is 0 Å². The molecule has 0 radical (unpaired) electrons. The Morgan fingerprint density at radius 3 is 2.82 bits per heavy atom. The van der Waals surface area contributed by atoms with Crippen LogP contribution in [0, 0.1) is 3.57 Å². The van der Waals surface area contributed by atoms with Crippen LogP contribution in [0.2, 0.25) is 0 Å². The summed E-state index contributed by atoms with van der Waals surface area (Å²) in [6.45, 7) is 1.69. The molecule has 17 heavy (non-hydrogen) atoms. The van der Waals surface area contributed by atoms with Crippen molar-refractivity contribution in [1.82, 2.24) is 10.2 Å². The zero-order valence-electron chi connectivity index (χ0n) is 9.96. The Bertz CT molecular complexity index is 396. The molecule has 0 aliphatic rings. The quantitative estimate of drug-likeness (QED) is 0.597. The maximum atomic E-state index is 11.9. The molecule has 0 spiro atoms. The molecule has 1 rings (SSSR count). The number of nitrogens with zero attached hydrogens (tertiary/aromatic N) is 1. The maximum Gasteiger partial charge on any atom is 0.252 e. The Labute approximate surface area is 124 Å². The highest BCUT2D eigenvalue weighted by Crippen LogP contribution is 2.18. The monoisotopic (exact) mass is 410 g/mol. The number of rotatable bonds is 5. The van der Waals surface area contributed by atoms with Gasteiger partial charge in [0.2, 0.25) is 0 Å². The van der Waals surface area contributed by atoms with Crippen LogP contribution in [-0.4, -0.2) is 38.0 Å². The third-order valence-electron chi connectivity index (χ3n) is 2.24. The second-order valence-electron chi connectivity index (χ2n) is 4.04. The van der Waals surface area contributed by atoms with Gasteiger partial charge in [0.25, 0.3) is 5.91 Å². The summed E-state index contributed by atoms with van der Waals surface area (Å²) in [4.78, 5) is 14.0. The SMILES string of the molecule is CN(C)CCCNC(=O)c1cc(Br)ccc1I. The van der Waals surface area contributed by atoms with Crippen LogP contribution in [0.4, 0.5) is 0 Å². The Kier molecular flexibility index (Phi) is 6.43.